The van der Waals surface area contributed by atoms with Crippen molar-refractivity contribution in [1.82, 2.24) is 5.32 Å². The summed E-state index contributed by atoms with van der Waals surface area (Å²) < 4.78 is 51.4. The summed E-state index contributed by atoms with van der Waals surface area (Å²) in [6.45, 7) is -0.0348. The van der Waals surface area contributed by atoms with Crippen LogP contribution in [0, 0.1) is 5.82 Å². The average molecular weight is 319 g/mol. The maximum Gasteiger partial charge on any atom is 0.416 e. The Balaban J connectivity index is 2.19. The molecule has 2 N–H and O–H groups in total. The van der Waals surface area contributed by atoms with E-state index in [2.05, 4.69) is 5.32 Å². The van der Waals surface area contributed by atoms with Crippen molar-refractivity contribution >= 4 is 11.3 Å². The van der Waals surface area contributed by atoms with Gasteiger partial charge in [-0.1, -0.05) is 6.07 Å². The van der Waals surface area contributed by atoms with Crippen molar-refractivity contribution in [3.05, 3.63) is 57.5 Å². The Morgan fingerprint density at radius 1 is 1.24 bits per heavy atom. The highest BCUT2D eigenvalue weighted by molar-refractivity contribution is 7.09. The van der Waals surface area contributed by atoms with Crippen molar-refractivity contribution in [2.24, 2.45) is 0 Å². The zero-order chi connectivity index (χ0) is 15.5. The molecule has 0 aliphatic heterocycles. The Bertz CT molecular complexity index is 583. The molecule has 7 heteroatoms. The SMILES string of the molecule is OCC(NCc1cccs1)c1cc(F)cc(C(F)(F)F)c1. The Morgan fingerprint density at radius 2 is 2.00 bits per heavy atom. The lowest BCUT2D eigenvalue weighted by Gasteiger charge is -2.18. The van der Waals surface area contributed by atoms with Gasteiger partial charge in [0.1, 0.15) is 5.82 Å². The van der Waals surface area contributed by atoms with E-state index in [1.807, 2.05) is 17.5 Å². The molecule has 2 rings (SSSR count). The normalized spacial score (nSPS) is 13.4. The monoisotopic (exact) mass is 319 g/mol. The van der Waals surface area contributed by atoms with Gasteiger partial charge >= 0.3 is 6.18 Å². The van der Waals surface area contributed by atoms with Gasteiger partial charge in [-0.3, -0.25) is 0 Å². The maximum atomic E-state index is 13.4. The molecule has 1 unspecified atom stereocenters. The van der Waals surface area contributed by atoms with Crippen LogP contribution in [0.4, 0.5) is 17.6 Å². The first-order valence-corrected chi connectivity index (χ1v) is 7.02. The van der Waals surface area contributed by atoms with E-state index in [-0.39, 0.29) is 5.56 Å². The number of hydrogen-bond donors (Lipinski definition) is 2. The standard InChI is InChI=1S/C14H13F4NOS/c15-11-5-9(4-10(6-11)14(16,17)18)13(8-20)19-7-12-2-1-3-21-12/h1-6,13,19-20H,7-8H2. The van der Waals surface area contributed by atoms with E-state index in [1.54, 1.807) is 0 Å². The fourth-order valence-corrected chi connectivity index (χ4v) is 2.56. The van der Waals surface area contributed by atoms with Gasteiger partial charge in [-0.2, -0.15) is 13.2 Å². The molecule has 1 aromatic heterocycles. The zero-order valence-electron chi connectivity index (χ0n) is 10.8. The minimum absolute atomic E-state index is 0.0707. The molecule has 2 aromatic rings. The van der Waals surface area contributed by atoms with Crippen LogP contribution in [0.1, 0.15) is 22.0 Å². The quantitative estimate of drug-likeness (QED) is 0.823. The van der Waals surface area contributed by atoms with E-state index in [9.17, 15) is 22.7 Å². The van der Waals surface area contributed by atoms with Crippen molar-refractivity contribution in [3.8, 4) is 0 Å². The fraction of sp³-hybridized carbons (Fsp3) is 0.286. The average Bonchev–Trinajstić information content (AvgIpc) is 2.91. The molecule has 0 saturated carbocycles. The molecular formula is C14H13F4NOS. The largest absolute Gasteiger partial charge is 0.416 e. The minimum Gasteiger partial charge on any atom is -0.394 e. The van der Waals surface area contributed by atoms with Crippen LogP contribution in [0.5, 0.6) is 0 Å². The Morgan fingerprint density at radius 3 is 2.57 bits per heavy atom. The van der Waals surface area contributed by atoms with E-state index in [0.717, 1.165) is 17.0 Å². The highest BCUT2D eigenvalue weighted by Gasteiger charge is 2.32. The van der Waals surface area contributed by atoms with Crippen molar-refractivity contribution < 1.29 is 22.7 Å². The first-order chi connectivity index (χ1) is 9.90. The molecule has 0 aliphatic carbocycles. The first-order valence-electron chi connectivity index (χ1n) is 6.14. The third kappa shape index (κ3) is 4.26. The van der Waals surface area contributed by atoms with Crippen LogP contribution >= 0.6 is 11.3 Å². The van der Waals surface area contributed by atoms with Crippen LogP contribution in [0.3, 0.4) is 0 Å². The first kappa shape index (κ1) is 15.9. The van der Waals surface area contributed by atoms with E-state index in [0.29, 0.717) is 12.6 Å². The van der Waals surface area contributed by atoms with Gasteiger partial charge < -0.3 is 10.4 Å². The van der Waals surface area contributed by atoms with E-state index in [1.165, 1.54) is 11.3 Å². The summed E-state index contributed by atoms with van der Waals surface area (Å²) in [7, 11) is 0. The number of thiophene rings is 1. The van der Waals surface area contributed by atoms with Gasteiger partial charge in [0.05, 0.1) is 18.2 Å². The molecule has 1 atom stereocenters. The van der Waals surface area contributed by atoms with Crippen LogP contribution in [0.25, 0.3) is 0 Å². The molecule has 0 bridgehead atoms. The molecule has 0 aliphatic rings. The molecule has 1 heterocycles. The Labute approximate surface area is 123 Å². The molecule has 0 fully saturated rings. The zero-order valence-corrected chi connectivity index (χ0v) is 11.6. The van der Waals surface area contributed by atoms with Crippen molar-refractivity contribution in [1.29, 1.82) is 0 Å². The van der Waals surface area contributed by atoms with Crippen LogP contribution < -0.4 is 5.32 Å². The predicted molar refractivity (Wildman–Crippen MR) is 72.4 cm³/mol. The minimum atomic E-state index is -4.62. The third-order valence-corrected chi connectivity index (χ3v) is 3.81. The Hall–Kier alpha value is -1.44. The second kappa shape index (κ2) is 6.55. The van der Waals surface area contributed by atoms with Crippen LogP contribution in [-0.2, 0) is 12.7 Å². The second-order valence-corrected chi connectivity index (χ2v) is 5.50. The molecule has 21 heavy (non-hydrogen) atoms. The van der Waals surface area contributed by atoms with Gasteiger partial charge in [-0.15, -0.1) is 11.3 Å². The molecule has 1 aromatic carbocycles. The van der Waals surface area contributed by atoms with Crippen molar-refractivity contribution in [3.63, 3.8) is 0 Å². The highest BCUT2D eigenvalue weighted by atomic mass is 32.1. The maximum absolute atomic E-state index is 13.4. The molecule has 0 spiro atoms. The molecule has 2 nitrogen and oxygen atoms in total. The van der Waals surface area contributed by atoms with Crippen molar-refractivity contribution in [2.45, 2.75) is 18.8 Å². The molecule has 0 radical (unpaired) electrons. The topological polar surface area (TPSA) is 32.3 Å². The number of alkyl halides is 3. The van der Waals surface area contributed by atoms with Gasteiger partial charge in [0.2, 0.25) is 0 Å². The van der Waals surface area contributed by atoms with E-state index < -0.39 is 30.2 Å². The number of aliphatic hydroxyl groups excluding tert-OH is 1. The van der Waals surface area contributed by atoms with Gasteiger partial charge in [-0.25, -0.2) is 4.39 Å². The summed E-state index contributed by atoms with van der Waals surface area (Å²) in [6.07, 6.45) is -4.62. The summed E-state index contributed by atoms with van der Waals surface area (Å²) in [4.78, 5) is 0.973. The molecule has 114 valence electrons. The Kier molecular flexibility index (Phi) is 4.97. The number of benzene rings is 1. The number of aliphatic hydroxyl groups is 1. The van der Waals surface area contributed by atoms with Crippen LogP contribution in [0.2, 0.25) is 0 Å². The lowest BCUT2D eigenvalue weighted by Crippen LogP contribution is -2.24. The number of nitrogens with one attached hydrogen (secondary N) is 1. The van der Waals surface area contributed by atoms with Crippen molar-refractivity contribution in [2.75, 3.05) is 6.61 Å². The number of rotatable bonds is 5. The lowest BCUT2D eigenvalue weighted by atomic mass is 10.0. The summed E-state index contributed by atoms with van der Waals surface area (Å²) in [6, 6.07) is 5.24. The molecule has 0 saturated heterocycles. The lowest BCUT2D eigenvalue weighted by molar-refractivity contribution is -0.137. The summed E-state index contributed by atoms with van der Waals surface area (Å²) in [5.74, 6) is -0.976. The highest BCUT2D eigenvalue weighted by Crippen LogP contribution is 2.31. The van der Waals surface area contributed by atoms with Crippen LogP contribution in [-0.4, -0.2) is 11.7 Å². The summed E-state index contributed by atoms with van der Waals surface area (Å²) in [5.41, 5.74) is -0.991. The molecule has 0 amide bonds. The smallest absolute Gasteiger partial charge is 0.394 e. The van der Waals surface area contributed by atoms with E-state index in [4.69, 9.17) is 0 Å². The number of halogens is 4. The van der Waals surface area contributed by atoms with Gasteiger partial charge in [0.15, 0.2) is 0 Å². The predicted octanol–water partition coefficient (Wildman–Crippen LogP) is 3.73. The third-order valence-electron chi connectivity index (χ3n) is 2.94. The van der Waals surface area contributed by atoms with Gasteiger partial charge in [0.25, 0.3) is 0 Å². The summed E-state index contributed by atoms with van der Waals surface area (Å²) >= 11 is 1.48. The summed E-state index contributed by atoms with van der Waals surface area (Å²) in [5, 5.41) is 14.1. The second-order valence-electron chi connectivity index (χ2n) is 4.47. The fourth-order valence-electron chi connectivity index (χ4n) is 1.90. The van der Waals surface area contributed by atoms with Crippen LogP contribution in [0.15, 0.2) is 35.7 Å². The molecular weight excluding hydrogens is 306 g/mol. The van der Waals surface area contributed by atoms with E-state index >= 15 is 0 Å². The number of hydrogen-bond acceptors (Lipinski definition) is 3. The van der Waals surface area contributed by atoms with Gasteiger partial charge in [-0.05, 0) is 35.2 Å². The van der Waals surface area contributed by atoms with Gasteiger partial charge in [0, 0.05) is 11.4 Å².